The summed E-state index contributed by atoms with van der Waals surface area (Å²) in [6, 6.07) is 8.83. The molecular weight excluding hydrogens is 270 g/mol. The van der Waals surface area contributed by atoms with E-state index >= 15 is 0 Å². The highest BCUT2D eigenvalue weighted by atomic mass is 35.5. The normalized spacial score (nSPS) is 15.5. The fourth-order valence-corrected chi connectivity index (χ4v) is 3.26. The summed E-state index contributed by atoms with van der Waals surface area (Å²) < 4.78 is 0. The van der Waals surface area contributed by atoms with Gasteiger partial charge in [0.25, 0.3) is 0 Å². The van der Waals surface area contributed by atoms with E-state index in [4.69, 9.17) is 11.6 Å². The summed E-state index contributed by atoms with van der Waals surface area (Å²) in [7, 11) is 0. The number of nitrogens with zero attached hydrogens (tertiary/aromatic N) is 1. The summed E-state index contributed by atoms with van der Waals surface area (Å²) >= 11 is 5.86. The van der Waals surface area contributed by atoms with Gasteiger partial charge in [-0.3, -0.25) is 4.79 Å². The minimum Gasteiger partial charge on any atom is -0.339 e. The van der Waals surface area contributed by atoms with Gasteiger partial charge in [-0.25, -0.2) is 0 Å². The monoisotopic (exact) mass is 293 g/mol. The molecule has 0 saturated heterocycles. The van der Waals surface area contributed by atoms with Crippen LogP contribution in [0.15, 0.2) is 24.3 Å². The molecule has 0 bridgehead atoms. The van der Waals surface area contributed by atoms with E-state index in [-0.39, 0.29) is 5.91 Å². The first-order valence-corrected chi connectivity index (χ1v) is 8.15. The highest BCUT2D eigenvalue weighted by Gasteiger charge is 2.25. The van der Waals surface area contributed by atoms with Crippen LogP contribution in [-0.4, -0.2) is 29.3 Å². The quantitative estimate of drug-likeness (QED) is 0.728. The van der Waals surface area contributed by atoms with Crippen molar-refractivity contribution in [2.24, 2.45) is 0 Å². The van der Waals surface area contributed by atoms with Crippen molar-refractivity contribution in [3.8, 4) is 0 Å². The Morgan fingerprint density at radius 1 is 1.35 bits per heavy atom. The van der Waals surface area contributed by atoms with E-state index in [1.54, 1.807) is 0 Å². The van der Waals surface area contributed by atoms with Gasteiger partial charge in [-0.1, -0.05) is 42.7 Å². The Morgan fingerprint density at radius 2 is 2.10 bits per heavy atom. The minimum absolute atomic E-state index is 0.263. The molecule has 1 aromatic carbocycles. The van der Waals surface area contributed by atoms with Gasteiger partial charge < -0.3 is 4.90 Å². The molecule has 2 nitrogen and oxygen atoms in total. The number of carbonyl (C=O) groups excluding carboxylic acids is 1. The van der Waals surface area contributed by atoms with E-state index in [1.807, 2.05) is 4.90 Å². The van der Waals surface area contributed by atoms with Crippen molar-refractivity contribution in [1.82, 2.24) is 4.90 Å². The molecule has 0 unspecified atom stereocenters. The van der Waals surface area contributed by atoms with Crippen LogP contribution in [0.3, 0.4) is 0 Å². The molecule has 1 aromatic rings. The first-order valence-electron chi connectivity index (χ1n) is 7.61. The van der Waals surface area contributed by atoms with Crippen molar-refractivity contribution in [3.63, 3.8) is 0 Å². The topological polar surface area (TPSA) is 20.3 Å². The molecule has 0 aliphatic heterocycles. The second-order valence-corrected chi connectivity index (χ2v) is 6.08. The zero-order valence-electron chi connectivity index (χ0n) is 12.3. The molecule has 2 rings (SSSR count). The van der Waals surface area contributed by atoms with E-state index < -0.39 is 0 Å². The smallest absolute Gasteiger partial charge is 0.223 e. The maximum Gasteiger partial charge on any atom is 0.223 e. The predicted octanol–water partition coefficient (Wildman–Crippen LogP) is 3.94. The molecule has 20 heavy (non-hydrogen) atoms. The maximum atomic E-state index is 12.4. The van der Waals surface area contributed by atoms with Gasteiger partial charge in [0.1, 0.15) is 0 Å². The van der Waals surface area contributed by atoms with Gasteiger partial charge in [0, 0.05) is 24.9 Å². The number of aryl methyl sites for hydroxylation is 2. The van der Waals surface area contributed by atoms with Gasteiger partial charge in [0.15, 0.2) is 0 Å². The highest BCUT2D eigenvalue weighted by Crippen LogP contribution is 2.24. The van der Waals surface area contributed by atoms with Crippen LogP contribution in [-0.2, 0) is 11.2 Å². The molecule has 110 valence electrons. The van der Waals surface area contributed by atoms with Gasteiger partial charge in [-0.2, -0.15) is 0 Å². The molecule has 1 aliphatic carbocycles. The minimum atomic E-state index is 0.263. The van der Waals surface area contributed by atoms with Crippen molar-refractivity contribution in [3.05, 3.63) is 35.4 Å². The number of amides is 1. The lowest BCUT2D eigenvalue weighted by atomic mass is 10.1. The van der Waals surface area contributed by atoms with Crippen LogP contribution in [0.4, 0.5) is 0 Å². The first kappa shape index (κ1) is 15.4. The molecule has 1 saturated carbocycles. The largest absolute Gasteiger partial charge is 0.339 e. The Hall–Kier alpha value is -1.02. The Morgan fingerprint density at radius 3 is 2.75 bits per heavy atom. The standard InChI is InChI=1S/C17H24ClNO/c1-14-5-4-6-15(13-14)9-10-17(20)19(12-11-18)16-7-2-3-8-16/h4-6,13,16H,2-3,7-12H2,1H3. The lowest BCUT2D eigenvalue weighted by Crippen LogP contribution is -2.40. The fourth-order valence-electron chi connectivity index (χ4n) is 3.08. The lowest BCUT2D eigenvalue weighted by molar-refractivity contribution is -0.133. The average molecular weight is 294 g/mol. The Balaban J connectivity index is 1.91. The number of benzene rings is 1. The fraction of sp³-hybridized carbons (Fsp3) is 0.588. The summed E-state index contributed by atoms with van der Waals surface area (Å²) in [5.74, 6) is 0.797. The molecular formula is C17H24ClNO. The van der Waals surface area contributed by atoms with Gasteiger partial charge in [0.05, 0.1) is 0 Å². The molecule has 0 radical (unpaired) electrons. The SMILES string of the molecule is Cc1cccc(CCC(=O)N(CCCl)C2CCCC2)c1. The second-order valence-electron chi connectivity index (χ2n) is 5.70. The van der Waals surface area contributed by atoms with Crippen molar-refractivity contribution in [1.29, 1.82) is 0 Å². The van der Waals surface area contributed by atoms with Crippen molar-refractivity contribution in [2.75, 3.05) is 12.4 Å². The van der Waals surface area contributed by atoms with Crippen LogP contribution in [0.5, 0.6) is 0 Å². The van der Waals surface area contributed by atoms with Gasteiger partial charge in [0.2, 0.25) is 5.91 Å². The number of alkyl halides is 1. The van der Waals surface area contributed by atoms with Gasteiger partial charge >= 0.3 is 0 Å². The summed E-state index contributed by atoms with van der Waals surface area (Å²) in [6.07, 6.45) is 6.20. The third-order valence-electron chi connectivity index (χ3n) is 4.12. The third kappa shape index (κ3) is 4.24. The summed E-state index contributed by atoms with van der Waals surface area (Å²) in [6.45, 7) is 2.78. The molecule has 0 heterocycles. The first-order chi connectivity index (χ1) is 9.70. The van der Waals surface area contributed by atoms with E-state index in [2.05, 4.69) is 31.2 Å². The Bertz CT molecular complexity index is 440. The third-order valence-corrected chi connectivity index (χ3v) is 4.29. The Labute approximate surface area is 127 Å². The number of rotatable bonds is 6. The predicted molar refractivity (Wildman–Crippen MR) is 84.2 cm³/mol. The number of hydrogen-bond acceptors (Lipinski definition) is 1. The van der Waals surface area contributed by atoms with Crippen LogP contribution in [0.1, 0.15) is 43.2 Å². The summed E-state index contributed by atoms with van der Waals surface area (Å²) in [5, 5.41) is 0. The Kier molecular flexibility index (Phi) is 5.90. The highest BCUT2D eigenvalue weighted by molar-refractivity contribution is 6.18. The number of halogens is 1. The molecule has 1 aliphatic rings. The number of hydrogen-bond donors (Lipinski definition) is 0. The van der Waals surface area contributed by atoms with Crippen molar-refractivity contribution < 1.29 is 4.79 Å². The van der Waals surface area contributed by atoms with Crippen molar-refractivity contribution >= 4 is 17.5 Å². The zero-order chi connectivity index (χ0) is 14.4. The van der Waals surface area contributed by atoms with E-state index in [9.17, 15) is 4.79 Å². The summed E-state index contributed by atoms with van der Waals surface area (Å²) in [5.41, 5.74) is 2.50. The maximum absolute atomic E-state index is 12.4. The van der Waals surface area contributed by atoms with Crippen LogP contribution >= 0.6 is 11.6 Å². The molecule has 0 aromatic heterocycles. The van der Waals surface area contributed by atoms with E-state index in [1.165, 1.54) is 24.0 Å². The molecule has 1 amide bonds. The molecule has 0 spiro atoms. The average Bonchev–Trinajstić information content (AvgIpc) is 2.96. The van der Waals surface area contributed by atoms with Crippen LogP contribution in [0, 0.1) is 6.92 Å². The van der Waals surface area contributed by atoms with Crippen molar-refractivity contribution in [2.45, 2.75) is 51.5 Å². The lowest BCUT2D eigenvalue weighted by Gasteiger charge is -2.28. The molecule has 0 atom stereocenters. The molecule has 1 fully saturated rings. The molecule has 3 heteroatoms. The zero-order valence-corrected chi connectivity index (χ0v) is 13.0. The van der Waals surface area contributed by atoms with Crippen LogP contribution in [0.25, 0.3) is 0 Å². The van der Waals surface area contributed by atoms with Gasteiger partial charge in [-0.15, -0.1) is 11.6 Å². The second kappa shape index (κ2) is 7.68. The van der Waals surface area contributed by atoms with Crippen LogP contribution in [0.2, 0.25) is 0 Å². The summed E-state index contributed by atoms with van der Waals surface area (Å²) in [4.78, 5) is 14.5. The molecule has 0 N–H and O–H groups in total. The number of carbonyl (C=O) groups is 1. The van der Waals surface area contributed by atoms with Gasteiger partial charge in [-0.05, 0) is 31.7 Å². The van der Waals surface area contributed by atoms with E-state index in [0.717, 1.165) is 19.3 Å². The van der Waals surface area contributed by atoms with E-state index in [0.29, 0.717) is 24.9 Å². The van der Waals surface area contributed by atoms with Crippen LogP contribution < -0.4 is 0 Å².